The van der Waals surface area contributed by atoms with E-state index in [-0.39, 0.29) is 54.8 Å². The number of carbonyl (C=O) groups excluding carboxylic acids is 3. The van der Waals surface area contributed by atoms with Crippen molar-refractivity contribution in [2.45, 2.75) is 78.3 Å². The number of hydrogen-bond acceptors (Lipinski definition) is 5. The molecule has 0 aromatic heterocycles. The van der Waals surface area contributed by atoms with Gasteiger partial charge in [-0.15, -0.1) is 0 Å². The second-order valence-corrected chi connectivity index (χ2v) is 10.6. The molecule has 0 unspecified atom stereocenters. The minimum Gasteiger partial charge on any atom is -0.463 e. The molecule has 1 aromatic carbocycles. The SMILES string of the molecule is C[C@H](CO)NC(=O)C[C@H]1C/C=C\CCC[C@H](Cc2ccccc2)C(=O)OC[C@H](C(C)(C)C)NC1=O. The van der Waals surface area contributed by atoms with Crippen LogP contribution in [0.15, 0.2) is 42.5 Å². The number of aliphatic hydroxyl groups is 1. The summed E-state index contributed by atoms with van der Waals surface area (Å²) in [6, 6.07) is 9.18. The van der Waals surface area contributed by atoms with Crippen LogP contribution in [0.3, 0.4) is 0 Å². The first-order chi connectivity index (χ1) is 16.6. The van der Waals surface area contributed by atoms with Gasteiger partial charge in [0.15, 0.2) is 0 Å². The maximum absolute atomic E-state index is 13.2. The van der Waals surface area contributed by atoms with E-state index in [0.29, 0.717) is 12.8 Å². The number of aliphatic hydroxyl groups excluding tert-OH is 1. The molecular weight excluding hydrogens is 444 g/mol. The average Bonchev–Trinajstić information content (AvgIpc) is 2.81. The molecule has 0 bridgehead atoms. The van der Waals surface area contributed by atoms with Crippen LogP contribution in [-0.4, -0.2) is 48.2 Å². The fraction of sp³-hybridized carbons (Fsp3) is 0.607. The summed E-state index contributed by atoms with van der Waals surface area (Å²) in [5.74, 6) is -1.55. The molecule has 2 amide bonds. The van der Waals surface area contributed by atoms with Crippen molar-refractivity contribution in [1.29, 1.82) is 0 Å². The predicted molar refractivity (Wildman–Crippen MR) is 136 cm³/mol. The van der Waals surface area contributed by atoms with E-state index in [1.54, 1.807) is 6.92 Å². The maximum atomic E-state index is 13.2. The van der Waals surface area contributed by atoms with Crippen molar-refractivity contribution >= 4 is 17.8 Å². The van der Waals surface area contributed by atoms with Gasteiger partial charge in [-0.1, -0.05) is 63.3 Å². The third-order valence-corrected chi connectivity index (χ3v) is 6.41. The standard InChI is InChI=1S/C28H42N2O5/c1-20(18-31)29-25(32)17-22-14-10-5-6-11-15-23(16-21-12-8-7-9-13-21)27(34)35-19-24(28(2,3)4)30-26(22)33/h5,7-10,12-13,20,22-24,31H,6,11,14-19H2,1-4H3,(H,29,32)(H,30,33)/b10-5-/t20-,22-,23-,24-/m1/s1. The smallest absolute Gasteiger partial charge is 0.309 e. The molecule has 0 radical (unpaired) electrons. The number of cyclic esters (lactones) is 1. The van der Waals surface area contributed by atoms with Gasteiger partial charge in [0.1, 0.15) is 6.61 Å². The van der Waals surface area contributed by atoms with Crippen LogP contribution in [0.5, 0.6) is 0 Å². The van der Waals surface area contributed by atoms with Crippen LogP contribution in [-0.2, 0) is 25.5 Å². The van der Waals surface area contributed by atoms with E-state index in [1.165, 1.54) is 0 Å². The second kappa shape index (κ2) is 14.0. The monoisotopic (exact) mass is 486 g/mol. The van der Waals surface area contributed by atoms with Gasteiger partial charge >= 0.3 is 5.97 Å². The van der Waals surface area contributed by atoms with Gasteiger partial charge in [-0.05, 0) is 50.0 Å². The zero-order valence-electron chi connectivity index (χ0n) is 21.6. The largest absolute Gasteiger partial charge is 0.463 e. The number of rotatable bonds is 6. The molecule has 2 rings (SSSR count). The van der Waals surface area contributed by atoms with Gasteiger partial charge in [-0.2, -0.15) is 0 Å². The quantitative estimate of drug-likeness (QED) is 0.421. The first-order valence-electron chi connectivity index (χ1n) is 12.7. The summed E-state index contributed by atoms with van der Waals surface area (Å²) in [6.45, 7) is 7.59. The van der Waals surface area contributed by atoms with E-state index in [2.05, 4.69) is 10.6 Å². The van der Waals surface area contributed by atoms with E-state index >= 15 is 0 Å². The number of ether oxygens (including phenoxy) is 1. The molecule has 1 aromatic rings. The van der Waals surface area contributed by atoms with E-state index in [0.717, 1.165) is 24.8 Å². The first kappa shape index (κ1) is 28.6. The lowest BCUT2D eigenvalue weighted by atomic mass is 9.86. The second-order valence-electron chi connectivity index (χ2n) is 10.6. The zero-order chi connectivity index (χ0) is 25.8. The van der Waals surface area contributed by atoms with Crippen molar-refractivity contribution in [3.05, 3.63) is 48.0 Å². The fourth-order valence-corrected chi connectivity index (χ4v) is 4.03. The summed E-state index contributed by atoms with van der Waals surface area (Å²) in [5.41, 5.74) is 0.749. The molecule has 3 N–H and O–H groups in total. The summed E-state index contributed by atoms with van der Waals surface area (Å²) >= 11 is 0. The van der Waals surface area contributed by atoms with Crippen LogP contribution >= 0.6 is 0 Å². The van der Waals surface area contributed by atoms with E-state index < -0.39 is 12.0 Å². The van der Waals surface area contributed by atoms with Crippen LogP contribution in [0.2, 0.25) is 0 Å². The van der Waals surface area contributed by atoms with Gasteiger partial charge in [0, 0.05) is 12.5 Å². The highest BCUT2D eigenvalue weighted by Crippen LogP contribution is 2.24. The molecule has 0 aliphatic carbocycles. The van der Waals surface area contributed by atoms with Gasteiger partial charge in [0.25, 0.3) is 0 Å². The van der Waals surface area contributed by atoms with Crippen LogP contribution in [0, 0.1) is 17.3 Å². The Labute approximate surface area is 209 Å². The Morgan fingerprint density at radius 3 is 2.54 bits per heavy atom. The van der Waals surface area contributed by atoms with Crippen molar-refractivity contribution in [2.24, 2.45) is 17.3 Å². The fourth-order valence-electron chi connectivity index (χ4n) is 4.03. The third kappa shape index (κ3) is 10.2. The number of hydrogen-bond donors (Lipinski definition) is 3. The van der Waals surface area contributed by atoms with E-state index in [1.807, 2.05) is 63.3 Å². The van der Waals surface area contributed by atoms with Crippen LogP contribution in [0.1, 0.15) is 65.4 Å². The van der Waals surface area contributed by atoms with Crippen LogP contribution < -0.4 is 10.6 Å². The Balaban J connectivity index is 2.18. The first-order valence-corrected chi connectivity index (χ1v) is 12.7. The normalized spacial score (nSPS) is 24.4. The van der Waals surface area contributed by atoms with Crippen molar-refractivity contribution in [3.8, 4) is 0 Å². The highest BCUT2D eigenvalue weighted by atomic mass is 16.5. The average molecular weight is 487 g/mol. The third-order valence-electron chi connectivity index (χ3n) is 6.41. The van der Waals surface area contributed by atoms with Crippen molar-refractivity contribution in [1.82, 2.24) is 10.6 Å². The molecule has 0 fully saturated rings. The Bertz CT molecular complexity index is 847. The molecule has 7 heteroatoms. The Hall–Kier alpha value is -2.67. The lowest BCUT2D eigenvalue weighted by molar-refractivity contribution is -0.151. The van der Waals surface area contributed by atoms with E-state index in [4.69, 9.17) is 4.74 Å². The van der Waals surface area contributed by atoms with Gasteiger partial charge < -0.3 is 20.5 Å². The van der Waals surface area contributed by atoms with Crippen LogP contribution in [0.25, 0.3) is 0 Å². The lowest BCUT2D eigenvalue weighted by Gasteiger charge is -2.33. The molecule has 0 saturated heterocycles. The molecule has 7 nitrogen and oxygen atoms in total. The zero-order valence-corrected chi connectivity index (χ0v) is 21.6. The molecule has 1 aliphatic rings. The van der Waals surface area contributed by atoms with Crippen molar-refractivity contribution in [3.63, 3.8) is 0 Å². The summed E-state index contributed by atoms with van der Waals surface area (Å²) in [6.07, 6.45) is 7.40. The summed E-state index contributed by atoms with van der Waals surface area (Å²) in [4.78, 5) is 38.7. The minimum atomic E-state index is -0.550. The van der Waals surface area contributed by atoms with Crippen molar-refractivity contribution < 1.29 is 24.2 Å². The van der Waals surface area contributed by atoms with Gasteiger partial charge in [0.05, 0.1) is 24.5 Å². The Morgan fingerprint density at radius 2 is 1.89 bits per heavy atom. The van der Waals surface area contributed by atoms with Gasteiger partial charge in [-0.3, -0.25) is 14.4 Å². The number of carbonyl (C=O) groups is 3. The Morgan fingerprint density at radius 1 is 1.17 bits per heavy atom. The van der Waals surface area contributed by atoms with E-state index in [9.17, 15) is 19.5 Å². The maximum Gasteiger partial charge on any atom is 0.309 e. The molecule has 35 heavy (non-hydrogen) atoms. The number of benzene rings is 1. The lowest BCUT2D eigenvalue weighted by Crippen LogP contribution is -2.50. The molecule has 1 aliphatic heterocycles. The highest BCUT2D eigenvalue weighted by Gasteiger charge is 2.32. The highest BCUT2D eigenvalue weighted by molar-refractivity contribution is 5.86. The molecule has 0 spiro atoms. The molecular formula is C28H42N2O5. The molecule has 4 atom stereocenters. The number of allylic oxidation sites excluding steroid dienone is 2. The topological polar surface area (TPSA) is 105 Å². The van der Waals surface area contributed by atoms with Crippen LogP contribution in [0.4, 0.5) is 0 Å². The van der Waals surface area contributed by atoms with Crippen molar-refractivity contribution in [2.75, 3.05) is 13.2 Å². The molecule has 1 heterocycles. The molecule has 0 saturated carbocycles. The number of amides is 2. The molecule has 194 valence electrons. The summed E-state index contributed by atoms with van der Waals surface area (Å²) < 4.78 is 5.76. The predicted octanol–water partition coefficient (Wildman–Crippen LogP) is 3.55. The van der Waals surface area contributed by atoms with Gasteiger partial charge in [-0.25, -0.2) is 0 Å². The van der Waals surface area contributed by atoms with Gasteiger partial charge in [0.2, 0.25) is 11.8 Å². The number of nitrogens with one attached hydrogen (secondary N) is 2. The number of esters is 1. The Kier molecular flexibility index (Phi) is 11.4. The summed E-state index contributed by atoms with van der Waals surface area (Å²) in [5, 5.41) is 15.0. The minimum absolute atomic E-state index is 0.0241. The summed E-state index contributed by atoms with van der Waals surface area (Å²) in [7, 11) is 0.